The van der Waals surface area contributed by atoms with E-state index in [2.05, 4.69) is 24.4 Å². The maximum Gasteiger partial charge on any atom is 0.271 e. The van der Waals surface area contributed by atoms with Gasteiger partial charge in [-0.25, -0.2) is 0 Å². The van der Waals surface area contributed by atoms with E-state index in [9.17, 15) is 10.1 Å². The van der Waals surface area contributed by atoms with Crippen molar-refractivity contribution in [2.45, 2.75) is 19.9 Å². The molecular weight excluding hydrogens is 284 g/mol. The summed E-state index contributed by atoms with van der Waals surface area (Å²) in [6.45, 7) is 4.09. The molecule has 1 aromatic heterocycles. The lowest BCUT2D eigenvalue weighted by atomic mass is 10.2. The molecule has 2 aromatic rings. The van der Waals surface area contributed by atoms with Crippen molar-refractivity contribution in [1.82, 2.24) is 0 Å². The van der Waals surface area contributed by atoms with Crippen molar-refractivity contribution in [3.63, 3.8) is 0 Å². The minimum Gasteiger partial charge on any atom is -0.376 e. The molecule has 0 radical (unpaired) electrons. The average Bonchev–Trinajstić information content (AvgIpc) is 2.78. The molecule has 0 bridgehead atoms. The molecule has 0 spiro atoms. The standard InChI is InChI=1S/C13H13ClN2O2S/c1-8-3-6-13(19-8)9(2)15-12-5-4-10(16(17)18)7-11(12)14/h3-7,9,15H,1-2H3. The molecule has 1 aromatic carbocycles. The minimum absolute atomic E-state index is 0.00447. The molecule has 0 aliphatic heterocycles. The van der Waals surface area contributed by atoms with Crippen molar-refractivity contribution in [2.24, 2.45) is 0 Å². The van der Waals surface area contributed by atoms with Crippen LogP contribution >= 0.6 is 22.9 Å². The van der Waals surface area contributed by atoms with E-state index < -0.39 is 4.92 Å². The van der Waals surface area contributed by atoms with Gasteiger partial charge in [-0.3, -0.25) is 10.1 Å². The molecule has 0 aliphatic carbocycles. The number of nitro groups is 1. The van der Waals surface area contributed by atoms with Gasteiger partial charge in [0.15, 0.2) is 0 Å². The maximum absolute atomic E-state index is 10.6. The number of anilines is 1. The van der Waals surface area contributed by atoms with Gasteiger partial charge in [-0.2, -0.15) is 0 Å². The fraction of sp³-hybridized carbons (Fsp3) is 0.231. The Hall–Kier alpha value is -1.59. The van der Waals surface area contributed by atoms with Crippen LogP contribution in [-0.2, 0) is 0 Å². The number of non-ortho nitro benzene ring substituents is 1. The number of aryl methyl sites for hydroxylation is 1. The first-order valence-corrected chi connectivity index (χ1v) is 6.93. The average molecular weight is 297 g/mol. The highest BCUT2D eigenvalue weighted by atomic mass is 35.5. The predicted molar refractivity (Wildman–Crippen MR) is 79.2 cm³/mol. The van der Waals surface area contributed by atoms with Crippen molar-refractivity contribution < 1.29 is 4.92 Å². The lowest BCUT2D eigenvalue weighted by Gasteiger charge is -2.14. The fourth-order valence-electron chi connectivity index (χ4n) is 1.73. The zero-order chi connectivity index (χ0) is 14.0. The second-order valence-corrected chi connectivity index (χ2v) is 5.96. The minimum atomic E-state index is -0.457. The van der Waals surface area contributed by atoms with Crippen molar-refractivity contribution in [3.05, 3.63) is 55.2 Å². The second-order valence-electron chi connectivity index (χ2n) is 4.24. The number of nitrogens with one attached hydrogen (secondary N) is 1. The Balaban J connectivity index is 2.17. The van der Waals surface area contributed by atoms with Crippen LogP contribution in [0.1, 0.15) is 22.7 Å². The number of halogens is 1. The highest BCUT2D eigenvalue weighted by Gasteiger charge is 2.12. The van der Waals surface area contributed by atoms with Crippen molar-refractivity contribution in [3.8, 4) is 0 Å². The third-order valence-corrected chi connectivity index (χ3v) is 4.22. The van der Waals surface area contributed by atoms with Crippen LogP contribution in [0.5, 0.6) is 0 Å². The monoisotopic (exact) mass is 296 g/mol. The number of thiophene rings is 1. The Labute approximate surface area is 120 Å². The summed E-state index contributed by atoms with van der Waals surface area (Å²) in [5.74, 6) is 0. The maximum atomic E-state index is 10.6. The molecule has 6 heteroatoms. The van der Waals surface area contributed by atoms with Gasteiger partial charge >= 0.3 is 0 Å². The van der Waals surface area contributed by atoms with Crippen LogP contribution in [0.4, 0.5) is 11.4 Å². The predicted octanol–water partition coefficient (Wildman–Crippen LogP) is 4.79. The van der Waals surface area contributed by atoms with Gasteiger partial charge in [0, 0.05) is 21.9 Å². The Morgan fingerprint density at radius 3 is 2.63 bits per heavy atom. The number of hydrogen-bond donors (Lipinski definition) is 1. The largest absolute Gasteiger partial charge is 0.376 e. The summed E-state index contributed by atoms with van der Waals surface area (Å²) >= 11 is 7.76. The fourth-order valence-corrected chi connectivity index (χ4v) is 2.83. The smallest absolute Gasteiger partial charge is 0.271 e. The first-order chi connectivity index (χ1) is 8.97. The molecule has 1 unspecified atom stereocenters. The Bertz CT molecular complexity index is 612. The summed E-state index contributed by atoms with van der Waals surface area (Å²) in [4.78, 5) is 12.6. The van der Waals surface area contributed by atoms with Gasteiger partial charge in [0.25, 0.3) is 5.69 Å². The zero-order valence-corrected chi connectivity index (χ0v) is 12.1. The third-order valence-electron chi connectivity index (χ3n) is 2.72. The van der Waals surface area contributed by atoms with Gasteiger partial charge < -0.3 is 5.32 Å². The molecule has 19 heavy (non-hydrogen) atoms. The molecule has 0 saturated heterocycles. The number of nitro benzene ring substituents is 1. The Kier molecular flexibility index (Phi) is 4.07. The van der Waals surface area contributed by atoms with Gasteiger partial charge in [0.2, 0.25) is 0 Å². The van der Waals surface area contributed by atoms with E-state index in [4.69, 9.17) is 11.6 Å². The van der Waals surface area contributed by atoms with Crippen LogP contribution in [0.3, 0.4) is 0 Å². The van der Waals surface area contributed by atoms with Crippen LogP contribution in [0.2, 0.25) is 5.02 Å². The van der Waals surface area contributed by atoms with E-state index in [1.807, 2.05) is 6.92 Å². The number of benzene rings is 1. The molecular formula is C13H13ClN2O2S. The van der Waals surface area contributed by atoms with E-state index in [0.29, 0.717) is 10.7 Å². The molecule has 1 atom stereocenters. The molecule has 4 nitrogen and oxygen atoms in total. The Morgan fingerprint density at radius 2 is 2.11 bits per heavy atom. The number of hydrogen-bond acceptors (Lipinski definition) is 4. The quantitative estimate of drug-likeness (QED) is 0.652. The zero-order valence-electron chi connectivity index (χ0n) is 10.5. The van der Waals surface area contributed by atoms with E-state index in [-0.39, 0.29) is 11.7 Å². The van der Waals surface area contributed by atoms with Gasteiger partial charge in [-0.05, 0) is 32.0 Å². The first kappa shape index (κ1) is 13.8. The first-order valence-electron chi connectivity index (χ1n) is 5.74. The summed E-state index contributed by atoms with van der Waals surface area (Å²) in [6.07, 6.45) is 0. The normalized spacial score (nSPS) is 12.2. The third kappa shape index (κ3) is 3.24. The molecule has 2 rings (SSSR count). The summed E-state index contributed by atoms with van der Waals surface area (Å²) in [6, 6.07) is 8.68. The molecule has 100 valence electrons. The van der Waals surface area contributed by atoms with Crippen LogP contribution in [0.25, 0.3) is 0 Å². The van der Waals surface area contributed by atoms with Crippen molar-refractivity contribution in [1.29, 1.82) is 0 Å². The lowest BCUT2D eigenvalue weighted by Crippen LogP contribution is -2.05. The number of nitrogens with zero attached hydrogens (tertiary/aromatic N) is 1. The van der Waals surface area contributed by atoms with E-state index in [0.717, 1.165) is 0 Å². The van der Waals surface area contributed by atoms with Crippen LogP contribution in [0, 0.1) is 17.0 Å². The van der Waals surface area contributed by atoms with Crippen LogP contribution in [-0.4, -0.2) is 4.92 Å². The molecule has 0 saturated carbocycles. The van der Waals surface area contributed by atoms with Crippen molar-refractivity contribution in [2.75, 3.05) is 5.32 Å². The van der Waals surface area contributed by atoms with Gasteiger partial charge in [0.05, 0.1) is 21.7 Å². The lowest BCUT2D eigenvalue weighted by molar-refractivity contribution is -0.384. The van der Waals surface area contributed by atoms with Gasteiger partial charge in [-0.1, -0.05) is 11.6 Å². The molecule has 0 fully saturated rings. The van der Waals surface area contributed by atoms with Crippen LogP contribution in [0.15, 0.2) is 30.3 Å². The van der Waals surface area contributed by atoms with E-state index >= 15 is 0 Å². The molecule has 1 N–H and O–H groups in total. The number of rotatable bonds is 4. The highest BCUT2D eigenvalue weighted by Crippen LogP contribution is 2.31. The Morgan fingerprint density at radius 1 is 1.37 bits per heavy atom. The topological polar surface area (TPSA) is 55.2 Å². The van der Waals surface area contributed by atoms with Crippen LogP contribution < -0.4 is 5.32 Å². The van der Waals surface area contributed by atoms with E-state index in [1.54, 1.807) is 17.4 Å². The van der Waals surface area contributed by atoms with E-state index in [1.165, 1.54) is 21.9 Å². The second kappa shape index (κ2) is 5.59. The summed E-state index contributed by atoms with van der Waals surface area (Å²) < 4.78 is 0. The molecule has 0 amide bonds. The van der Waals surface area contributed by atoms with Crippen molar-refractivity contribution >= 4 is 34.3 Å². The highest BCUT2D eigenvalue weighted by molar-refractivity contribution is 7.12. The van der Waals surface area contributed by atoms with Gasteiger partial charge in [0.1, 0.15) is 0 Å². The molecule has 0 aliphatic rings. The summed E-state index contributed by atoms with van der Waals surface area (Å²) in [5.41, 5.74) is 0.695. The summed E-state index contributed by atoms with van der Waals surface area (Å²) in [5, 5.41) is 14.3. The SMILES string of the molecule is Cc1ccc(C(C)Nc2ccc([N+](=O)[O-])cc2Cl)s1. The van der Waals surface area contributed by atoms with Gasteiger partial charge in [-0.15, -0.1) is 11.3 Å². The molecule has 1 heterocycles. The summed E-state index contributed by atoms with van der Waals surface area (Å²) in [7, 11) is 0.